The molecule has 0 spiro atoms. The van der Waals surface area contributed by atoms with Crippen molar-refractivity contribution in [1.29, 1.82) is 0 Å². The molecule has 0 saturated carbocycles. The summed E-state index contributed by atoms with van der Waals surface area (Å²) in [6.45, 7) is 8.57. The topological polar surface area (TPSA) is 26.3 Å². The molecule has 0 bridgehead atoms. The maximum absolute atomic E-state index is 10.9. The third-order valence-corrected chi connectivity index (χ3v) is 3.36. The van der Waals surface area contributed by atoms with Crippen molar-refractivity contribution in [3.8, 4) is 0 Å². The van der Waals surface area contributed by atoms with E-state index in [0.717, 1.165) is 25.7 Å². The zero-order valence-corrected chi connectivity index (χ0v) is 12.7. The molecule has 1 aliphatic carbocycles. The van der Waals surface area contributed by atoms with Gasteiger partial charge in [-0.25, -0.2) is 0 Å². The van der Waals surface area contributed by atoms with Gasteiger partial charge < -0.3 is 4.74 Å². The molecule has 0 N–H and O–H groups in total. The first-order valence-corrected chi connectivity index (χ1v) is 7.04. The standard InChI is InChI=1S/C17H26O2/c1-14-7-5-8-16(13-19-15(2)18)9-6-11-17(3,4)12-10-14/h6,8,10-11H,5,7,9,12-13H2,1-4H3/b11-6+,14-10+,16-8-. The summed E-state index contributed by atoms with van der Waals surface area (Å²) in [6.07, 6.45) is 13.1. The van der Waals surface area contributed by atoms with Crippen LogP contribution in [0, 0.1) is 5.41 Å². The molecule has 1 rings (SSSR count). The van der Waals surface area contributed by atoms with Crippen molar-refractivity contribution in [2.75, 3.05) is 6.61 Å². The van der Waals surface area contributed by atoms with E-state index in [1.165, 1.54) is 18.1 Å². The van der Waals surface area contributed by atoms with Gasteiger partial charge in [-0.1, -0.05) is 43.7 Å². The van der Waals surface area contributed by atoms with Gasteiger partial charge in [-0.3, -0.25) is 4.79 Å². The summed E-state index contributed by atoms with van der Waals surface area (Å²) in [5.74, 6) is -0.212. The molecule has 19 heavy (non-hydrogen) atoms. The largest absolute Gasteiger partial charge is 0.461 e. The van der Waals surface area contributed by atoms with Crippen molar-refractivity contribution in [3.63, 3.8) is 0 Å². The van der Waals surface area contributed by atoms with Crippen molar-refractivity contribution >= 4 is 5.97 Å². The number of hydrogen-bond donors (Lipinski definition) is 0. The molecule has 0 fully saturated rings. The summed E-state index contributed by atoms with van der Waals surface area (Å²) in [7, 11) is 0. The Morgan fingerprint density at radius 1 is 1.37 bits per heavy atom. The summed E-state index contributed by atoms with van der Waals surface area (Å²) < 4.78 is 5.10. The first-order chi connectivity index (χ1) is 8.89. The van der Waals surface area contributed by atoms with Crippen LogP contribution in [0.4, 0.5) is 0 Å². The van der Waals surface area contributed by atoms with E-state index < -0.39 is 0 Å². The van der Waals surface area contributed by atoms with Crippen molar-refractivity contribution in [2.24, 2.45) is 5.41 Å². The van der Waals surface area contributed by atoms with Crippen LogP contribution in [0.3, 0.4) is 0 Å². The molecule has 0 saturated heterocycles. The minimum absolute atomic E-state index is 0.193. The van der Waals surface area contributed by atoms with Crippen LogP contribution in [0.2, 0.25) is 0 Å². The minimum Gasteiger partial charge on any atom is -0.461 e. The SMILES string of the molecule is CC(=O)OC/C1=C\CC/C(C)=C/CC(C)(C)/C=C/C1. The molecule has 2 nitrogen and oxygen atoms in total. The lowest BCUT2D eigenvalue weighted by molar-refractivity contribution is -0.140. The average Bonchev–Trinajstić information content (AvgIpc) is 2.34. The smallest absolute Gasteiger partial charge is 0.302 e. The van der Waals surface area contributed by atoms with Gasteiger partial charge in [-0.05, 0) is 43.6 Å². The Kier molecular flexibility index (Phi) is 6.07. The molecule has 0 aliphatic heterocycles. The van der Waals surface area contributed by atoms with Crippen LogP contribution in [0.25, 0.3) is 0 Å². The third-order valence-electron chi connectivity index (χ3n) is 3.36. The lowest BCUT2D eigenvalue weighted by Crippen LogP contribution is -2.06. The van der Waals surface area contributed by atoms with Gasteiger partial charge in [-0.15, -0.1) is 0 Å². The molecule has 0 amide bonds. The zero-order valence-electron chi connectivity index (χ0n) is 12.7. The minimum atomic E-state index is -0.212. The maximum Gasteiger partial charge on any atom is 0.302 e. The Morgan fingerprint density at radius 2 is 2.11 bits per heavy atom. The Bertz CT molecular complexity index is 397. The van der Waals surface area contributed by atoms with E-state index in [2.05, 4.69) is 45.1 Å². The van der Waals surface area contributed by atoms with Gasteiger partial charge in [0, 0.05) is 6.92 Å². The van der Waals surface area contributed by atoms with Crippen LogP contribution < -0.4 is 0 Å². The summed E-state index contributed by atoms with van der Waals surface area (Å²) >= 11 is 0. The second-order valence-electron chi connectivity index (χ2n) is 6.03. The van der Waals surface area contributed by atoms with E-state index in [1.807, 2.05) is 0 Å². The molecule has 0 aromatic carbocycles. The van der Waals surface area contributed by atoms with Crippen molar-refractivity contribution in [2.45, 2.75) is 53.4 Å². The number of rotatable bonds is 2. The Balaban J connectivity index is 2.76. The monoisotopic (exact) mass is 262 g/mol. The number of hydrogen-bond acceptors (Lipinski definition) is 2. The van der Waals surface area contributed by atoms with Gasteiger partial charge >= 0.3 is 5.97 Å². The third kappa shape index (κ3) is 7.00. The van der Waals surface area contributed by atoms with E-state index in [4.69, 9.17) is 4.74 Å². The van der Waals surface area contributed by atoms with Crippen LogP contribution in [0.15, 0.2) is 35.5 Å². The number of carbonyl (C=O) groups is 1. The average molecular weight is 262 g/mol. The fraction of sp³-hybridized carbons (Fsp3) is 0.588. The van der Waals surface area contributed by atoms with E-state index in [1.54, 1.807) is 0 Å². The van der Waals surface area contributed by atoms with Crippen molar-refractivity contribution in [1.82, 2.24) is 0 Å². The van der Waals surface area contributed by atoms with Gasteiger partial charge in [0.25, 0.3) is 0 Å². The first kappa shape index (κ1) is 15.7. The Morgan fingerprint density at radius 3 is 2.79 bits per heavy atom. The van der Waals surface area contributed by atoms with Crippen LogP contribution in [-0.4, -0.2) is 12.6 Å². The van der Waals surface area contributed by atoms with Crippen molar-refractivity contribution in [3.05, 3.63) is 35.5 Å². The van der Waals surface area contributed by atoms with Crippen LogP contribution in [0.1, 0.15) is 53.4 Å². The lowest BCUT2D eigenvalue weighted by Gasteiger charge is -2.18. The van der Waals surface area contributed by atoms with E-state index in [-0.39, 0.29) is 11.4 Å². The van der Waals surface area contributed by atoms with Gasteiger partial charge in [-0.2, -0.15) is 0 Å². The number of ether oxygens (including phenoxy) is 1. The molecular weight excluding hydrogens is 236 g/mol. The quantitative estimate of drug-likeness (QED) is 0.538. The first-order valence-electron chi connectivity index (χ1n) is 7.04. The highest BCUT2D eigenvalue weighted by molar-refractivity contribution is 5.66. The molecule has 0 heterocycles. The number of allylic oxidation sites excluding steroid dienone is 5. The highest BCUT2D eigenvalue weighted by Gasteiger charge is 2.12. The predicted molar refractivity (Wildman–Crippen MR) is 79.9 cm³/mol. The zero-order chi connectivity index (χ0) is 14.3. The summed E-state index contributed by atoms with van der Waals surface area (Å²) in [5.41, 5.74) is 2.82. The molecular formula is C17H26O2. The van der Waals surface area contributed by atoms with E-state index in [9.17, 15) is 4.79 Å². The highest BCUT2D eigenvalue weighted by atomic mass is 16.5. The molecule has 2 heteroatoms. The predicted octanol–water partition coefficient (Wildman–Crippen LogP) is 4.58. The molecule has 106 valence electrons. The summed E-state index contributed by atoms with van der Waals surface area (Å²) in [5, 5.41) is 0. The van der Waals surface area contributed by atoms with Crippen LogP contribution in [0.5, 0.6) is 0 Å². The Hall–Kier alpha value is -1.31. The molecule has 0 unspecified atom stereocenters. The number of esters is 1. The summed E-state index contributed by atoms with van der Waals surface area (Å²) in [4.78, 5) is 10.9. The second kappa shape index (κ2) is 7.32. The van der Waals surface area contributed by atoms with Crippen LogP contribution in [-0.2, 0) is 9.53 Å². The van der Waals surface area contributed by atoms with Crippen LogP contribution >= 0.6 is 0 Å². The fourth-order valence-corrected chi connectivity index (χ4v) is 2.04. The lowest BCUT2D eigenvalue weighted by atomic mass is 9.87. The number of carbonyl (C=O) groups excluding carboxylic acids is 1. The van der Waals surface area contributed by atoms with Gasteiger partial charge in [0.2, 0.25) is 0 Å². The second-order valence-corrected chi connectivity index (χ2v) is 6.03. The molecule has 1 aliphatic rings. The van der Waals surface area contributed by atoms with Crippen molar-refractivity contribution < 1.29 is 9.53 Å². The van der Waals surface area contributed by atoms with Gasteiger partial charge in [0.05, 0.1) is 0 Å². The van der Waals surface area contributed by atoms with Gasteiger partial charge in [0.15, 0.2) is 0 Å². The fourth-order valence-electron chi connectivity index (χ4n) is 2.04. The molecule has 0 radical (unpaired) electrons. The summed E-state index contributed by atoms with van der Waals surface area (Å²) in [6, 6.07) is 0. The molecule has 0 aromatic heterocycles. The van der Waals surface area contributed by atoms with E-state index >= 15 is 0 Å². The van der Waals surface area contributed by atoms with E-state index in [0.29, 0.717) is 6.61 Å². The highest BCUT2D eigenvalue weighted by Crippen LogP contribution is 2.26. The maximum atomic E-state index is 10.9. The molecule has 0 atom stereocenters. The molecule has 0 aromatic rings. The Labute approximate surface area is 117 Å². The normalized spacial score (nSPS) is 27.2. The van der Waals surface area contributed by atoms with Gasteiger partial charge in [0.1, 0.15) is 6.61 Å².